The molecule has 2 rings (SSSR count). The number of urea groups is 1. The molecule has 126 valence electrons. The molecule has 1 fully saturated rings. The van der Waals surface area contributed by atoms with E-state index in [4.69, 9.17) is 0 Å². The molecule has 2 heterocycles. The minimum absolute atomic E-state index is 0.00994. The number of hydrogen-bond donors (Lipinski definition) is 4. The Morgan fingerprint density at radius 3 is 2.46 bits per heavy atom. The molecule has 1 saturated heterocycles. The van der Waals surface area contributed by atoms with Crippen LogP contribution in [0.25, 0.3) is 0 Å². The Kier molecular flexibility index (Phi) is 4.89. The quantitative estimate of drug-likeness (QED) is 0.256. The topological polar surface area (TPSA) is 177 Å². The second-order valence-electron chi connectivity index (χ2n) is 4.32. The summed E-state index contributed by atoms with van der Waals surface area (Å²) in [6, 6.07) is -0.813. The Labute approximate surface area is 131 Å². The van der Waals surface area contributed by atoms with Gasteiger partial charge in [-0.2, -0.15) is 0 Å². The van der Waals surface area contributed by atoms with Crippen LogP contribution >= 0.6 is 0 Å². The first kappa shape index (κ1) is 16.7. The van der Waals surface area contributed by atoms with Gasteiger partial charge in [-0.15, -0.1) is 0 Å². The van der Waals surface area contributed by atoms with Gasteiger partial charge in [-0.3, -0.25) is 25.2 Å². The molecule has 0 bridgehead atoms. The number of H-pyrrole nitrogens is 2. The standard InChI is InChI=1S/C12H10N4O8/c17-6(23-4-5-3-13-11(21)14-8(5)19)1-2-7(18)24-10-9(20)15-12(22)16-10/h1-3,10H,4H2,(H2,13,14,19,21)(H2,15,16,20,22)/b2-1+. The minimum atomic E-state index is -1.48. The van der Waals surface area contributed by atoms with Crippen LogP contribution in [0.5, 0.6) is 0 Å². The predicted octanol–water partition coefficient (Wildman–Crippen LogP) is -2.63. The van der Waals surface area contributed by atoms with Gasteiger partial charge in [0.15, 0.2) is 0 Å². The summed E-state index contributed by atoms with van der Waals surface area (Å²) in [5.41, 5.74) is -1.44. The smallest absolute Gasteiger partial charge is 0.333 e. The molecule has 1 atom stereocenters. The highest BCUT2D eigenvalue weighted by atomic mass is 16.6. The average molecular weight is 338 g/mol. The van der Waals surface area contributed by atoms with Crippen LogP contribution in [0.3, 0.4) is 0 Å². The molecule has 4 N–H and O–H groups in total. The van der Waals surface area contributed by atoms with E-state index in [2.05, 4.69) is 14.5 Å². The van der Waals surface area contributed by atoms with E-state index >= 15 is 0 Å². The summed E-state index contributed by atoms with van der Waals surface area (Å²) in [6.45, 7) is -0.439. The number of esters is 2. The van der Waals surface area contributed by atoms with E-state index in [1.54, 1.807) is 0 Å². The second-order valence-corrected chi connectivity index (χ2v) is 4.32. The van der Waals surface area contributed by atoms with Gasteiger partial charge in [0.2, 0.25) is 0 Å². The van der Waals surface area contributed by atoms with Gasteiger partial charge in [0.25, 0.3) is 17.7 Å². The lowest BCUT2D eigenvalue weighted by molar-refractivity contribution is -0.150. The molecule has 12 heteroatoms. The number of carbonyl (C=O) groups is 4. The van der Waals surface area contributed by atoms with Gasteiger partial charge in [0.05, 0.1) is 5.56 Å². The number of aromatic amines is 2. The third-order valence-corrected chi connectivity index (χ3v) is 2.59. The summed E-state index contributed by atoms with van der Waals surface area (Å²) >= 11 is 0. The van der Waals surface area contributed by atoms with E-state index < -0.39 is 48.0 Å². The highest BCUT2D eigenvalue weighted by Crippen LogP contribution is 1.98. The maximum Gasteiger partial charge on any atom is 0.333 e. The Bertz CT molecular complexity index is 836. The Balaban J connectivity index is 1.83. The first-order chi connectivity index (χ1) is 11.3. The summed E-state index contributed by atoms with van der Waals surface area (Å²) in [5.74, 6) is -2.89. The average Bonchev–Trinajstić information content (AvgIpc) is 2.82. The molecule has 0 aliphatic carbocycles. The van der Waals surface area contributed by atoms with Crippen LogP contribution < -0.4 is 21.9 Å². The zero-order chi connectivity index (χ0) is 17.7. The molecular formula is C12H10N4O8. The number of imide groups is 1. The Morgan fingerprint density at radius 2 is 1.83 bits per heavy atom. The van der Waals surface area contributed by atoms with E-state index in [9.17, 15) is 28.8 Å². The predicted molar refractivity (Wildman–Crippen MR) is 73.2 cm³/mol. The molecule has 3 amide bonds. The van der Waals surface area contributed by atoms with Crippen molar-refractivity contribution in [3.05, 3.63) is 44.8 Å². The van der Waals surface area contributed by atoms with Gasteiger partial charge in [0.1, 0.15) is 6.61 Å². The third-order valence-electron chi connectivity index (χ3n) is 2.59. The van der Waals surface area contributed by atoms with Crippen LogP contribution in [0.15, 0.2) is 27.9 Å². The zero-order valence-electron chi connectivity index (χ0n) is 11.8. The number of rotatable bonds is 5. The van der Waals surface area contributed by atoms with Crippen molar-refractivity contribution in [3.63, 3.8) is 0 Å². The summed E-state index contributed by atoms with van der Waals surface area (Å²) < 4.78 is 9.25. The number of nitrogens with one attached hydrogen (secondary N) is 4. The van der Waals surface area contributed by atoms with Crippen LogP contribution in [0.1, 0.15) is 5.56 Å². The highest BCUT2D eigenvalue weighted by Gasteiger charge is 2.32. The fraction of sp³-hybridized carbons (Fsp3) is 0.167. The van der Waals surface area contributed by atoms with E-state index in [-0.39, 0.29) is 5.56 Å². The molecular weight excluding hydrogens is 328 g/mol. The number of ether oxygens (including phenoxy) is 2. The van der Waals surface area contributed by atoms with Crippen molar-refractivity contribution in [2.45, 2.75) is 12.8 Å². The largest absolute Gasteiger partial charge is 0.457 e. The molecule has 1 aliphatic heterocycles. The lowest BCUT2D eigenvalue weighted by atomic mass is 10.3. The molecule has 1 aromatic heterocycles. The van der Waals surface area contributed by atoms with E-state index in [1.165, 1.54) is 0 Å². The van der Waals surface area contributed by atoms with E-state index in [0.717, 1.165) is 6.20 Å². The molecule has 1 aromatic rings. The van der Waals surface area contributed by atoms with Crippen molar-refractivity contribution in [2.24, 2.45) is 0 Å². The normalized spacial score (nSPS) is 16.6. The van der Waals surface area contributed by atoms with E-state index in [0.29, 0.717) is 12.2 Å². The van der Waals surface area contributed by atoms with Gasteiger partial charge in [-0.25, -0.2) is 19.2 Å². The molecule has 12 nitrogen and oxygen atoms in total. The van der Waals surface area contributed by atoms with Crippen LogP contribution in [-0.4, -0.2) is 40.1 Å². The van der Waals surface area contributed by atoms with Crippen molar-refractivity contribution in [2.75, 3.05) is 0 Å². The van der Waals surface area contributed by atoms with Crippen LogP contribution in [-0.2, 0) is 30.5 Å². The van der Waals surface area contributed by atoms with Crippen molar-refractivity contribution < 1.29 is 28.7 Å². The number of hydrogen-bond acceptors (Lipinski definition) is 8. The lowest BCUT2D eigenvalue weighted by Gasteiger charge is -2.06. The first-order valence-corrected chi connectivity index (χ1v) is 6.33. The lowest BCUT2D eigenvalue weighted by Crippen LogP contribution is -2.33. The maximum absolute atomic E-state index is 11.4. The second kappa shape index (κ2) is 7.04. The van der Waals surface area contributed by atoms with Crippen molar-refractivity contribution >= 4 is 23.9 Å². The molecule has 1 aliphatic rings. The molecule has 24 heavy (non-hydrogen) atoms. The summed E-state index contributed by atoms with van der Waals surface area (Å²) in [7, 11) is 0. The summed E-state index contributed by atoms with van der Waals surface area (Å²) in [4.78, 5) is 71.0. The minimum Gasteiger partial charge on any atom is -0.457 e. The van der Waals surface area contributed by atoms with Crippen molar-refractivity contribution in [1.82, 2.24) is 20.6 Å². The monoisotopic (exact) mass is 338 g/mol. The third kappa shape index (κ3) is 4.40. The number of aromatic nitrogens is 2. The fourth-order valence-corrected chi connectivity index (χ4v) is 1.51. The van der Waals surface area contributed by atoms with Crippen LogP contribution in [0.2, 0.25) is 0 Å². The molecule has 0 aromatic carbocycles. The molecule has 0 saturated carbocycles. The number of amides is 3. The SMILES string of the molecule is O=C1NC(=O)C(OC(=O)/C=C/C(=O)OCc2c[nH]c(=O)[nH]c2=O)N1. The van der Waals surface area contributed by atoms with Gasteiger partial charge in [-0.1, -0.05) is 0 Å². The molecule has 0 radical (unpaired) electrons. The van der Waals surface area contributed by atoms with Crippen LogP contribution in [0.4, 0.5) is 4.79 Å². The van der Waals surface area contributed by atoms with E-state index in [1.807, 2.05) is 15.6 Å². The molecule has 1 unspecified atom stereocenters. The van der Waals surface area contributed by atoms with Gasteiger partial charge >= 0.3 is 23.7 Å². The first-order valence-electron chi connectivity index (χ1n) is 6.33. The van der Waals surface area contributed by atoms with Gasteiger partial charge in [-0.05, 0) is 0 Å². The summed E-state index contributed by atoms with van der Waals surface area (Å²) in [5, 5.41) is 3.86. The van der Waals surface area contributed by atoms with Gasteiger partial charge in [0, 0.05) is 18.3 Å². The molecule has 0 spiro atoms. The highest BCUT2D eigenvalue weighted by molar-refractivity contribution is 6.04. The maximum atomic E-state index is 11.4. The number of carbonyl (C=O) groups excluding carboxylic acids is 4. The fourth-order valence-electron chi connectivity index (χ4n) is 1.51. The summed E-state index contributed by atoms with van der Waals surface area (Å²) in [6.07, 6.45) is 0.979. The Morgan fingerprint density at radius 1 is 1.12 bits per heavy atom. The zero-order valence-corrected chi connectivity index (χ0v) is 11.8. The van der Waals surface area contributed by atoms with Gasteiger partial charge < -0.3 is 14.5 Å². The van der Waals surface area contributed by atoms with Crippen LogP contribution in [0, 0.1) is 0 Å². The Hall–Kier alpha value is -3.70. The van der Waals surface area contributed by atoms with Crippen molar-refractivity contribution in [3.8, 4) is 0 Å². The van der Waals surface area contributed by atoms with Crippen molar-refractivity contribution in [1.29, 1.82) is 0 Å².